The molecule has 0 saturated heterocycles. The van der Waals surface area contributed by atoms with Crippen molar-refractivity contribution in [2.45, 2.75) is 25.8 Å². The molecule has 0 fully saturated rings. The van der Waals surface area contributed by atoms with Gasteiger partial charge in [0, 0.05) is 13.5 Å². The Morgan fingerprint density at radius 2 is 1.70 bits per heavy atom. The summed E-state index contributed by atoms with van der Waals surface area (Å²) in [7, 11) is 0. The van der Waals surface area contributed by atoms with Crippen LogP contribution < -0.4 is 33.2 Å². The SMILES string of the molecule is CC(=O)NCC(=O)NC(CCCN=C(N)N)C(=O)NCC(N)=O. The molecule has 0 aliphatic carbocycles. The Morgan fingerprint density at radius 1 is 1.04 bits per heavy atom. The van der Waals surface area contributed by atoms with E-state index in [0.717, 1.165) is 0 Å². The molecule has 0 aliphatic rings. The van der Waals surface area contributed by atoms with E-state index >= 15 is 0 Å². The normalized spacial score (nSPS) is 11.0. The van der Waals surface area contributed by atoms with Gasteiger partial charge in [0.05, 0.1) is 13.1 Å². The van der Waals surface area contributed by atoms with Crippen LogP contribution in [0.3, 0.4) is 0 Å². The van der Waals surface area contributed by atoms with Crippen molar-refractivity contribution in [3.63, 3.8) is 0 Å². The lowest BCUT2D eigenvalue weighted by molar-refractivity contribution is -0.130. The first-order valence-electron chi connectivity index (χ1n) is 6.87. The lowest BCUT2D eigenvalue weighted by atomic mass is 10.1. The largest absolute Gasteiger partial charge is 0.370 e. The van der Waals surface area contributed by atoms with E-state index in [1.54, 1.807) is 0 Å². The van der Waals surface area contributed by atoms with E-state index in [1.807, 2.05) is 0 Å². The topological polar surface area (TPSA) is 195 Å². The molecule has 1 unspecified atom stereocenters. The van der Waals surface area contributed by atoms with Crippen LogP contribution in [0.2, 0.25) is 0 Å². The van der Waals surface area contributed by atoms with Crippen molar-refractivity contribution in [2.24, 2.45) is 22.2 Å². The number of hydrogen-bond acceptors (Lipinski definition) is 5. The molecule has 11 nitrogen and oxygen atoms in total. The molecule has 0 radical (unpaired) electrons. The van der Waals surface area contributed by atoms with Crippen molar-refractivity contribution in [1.82, 2.24) is 16.0 Å². The zero-order chi connectivity index (χ0) is 17.8. The van der Waals surface area contributed by atoms with Crippen molar-refractivity contribution >= 4 is 29.6 Å². The van der Waals surface area contributed by atoms with Gasteiger partial charge in [-0.1, -0.05) is 0 Å². The summed E-state index contributed by atoms with van der Waals surface area (Å²) in [4.78, 5) is 48.8. The molecule has 130 valence electrons. The second-order valence-corrected chi connectivity index (χ2v) is 4.66. The number of hydrogen-bond donors (Lipinski definition) is 6. The Labute approximate surface area is 133 Å². The van der Waals surface area contributed by atoms with Gasteiger partial charge in [0.15, 0.2) is 5.96 Å². The lowest BCUT2D eigenvalue weighted by Gasteiger charge is -2.18. The van der Waals surface area contributed by atoms with Gasteiger partial charge in [0.2, 0.25) is 23.6 Å². The van der Waals surface area contributed by atoms with Crippen molar-refractivity contribution in [3.8, 4) is 0 Å². The Morgan fingerprint density at radius 3 is 2.22 bits per heavy atom. The van der Waals surface area contributed by atoms with Gasteiger partial charge < -0.3 is 33.2 Å². The minimum Gasteiger partial charge on any atom is -0.370 e. The van der Waals surface area contributed by atoms with Gasteiger partial charge in [-0.05, 0) is 12.8 Å². The Balaban J connectivity index is 4.54. The fraction of sp³-hybridized carbons (Fsp3) is 0.583. The Kier molecular flexibility index (Phi) is 9.48. The molecular weight excluding hydrogens is 306 g/mol. The van der Waals surface area contributed by atoms with Crippen molar-refractivity contribution in [2.75, 3.05) is 19.6 Å². The lowest BCUT2D eigenvalue weighted by Crippen LogP contribution is -2.50. The van der Waals surface area contributed by atoms with Gasteiger partial charge in [-0.25, -0.2) is 0 Å². The highest BCUT2D eigenvalue weighted by molar-refractivity contribution is 5.91. The summed E-state index contributed by atoms with van der Waals surface area (Å²) in [5.41, 5.74) is 15.3. The Hall–Kier alpha value is -2.85. The second-order valence-electron chi connectivity index (χ2n) is 4.66. The van der Waals surface area contributed by atoms with E-state index in [2.05, 4.69) is 20.9 Å². The number of amides is 4. The number of aliphatic imine (C=N–C) groups is 1. The minimum absolute atomic E-state index is 0.0746. The predicted molar refractivity (Wildman–Crippen MR) is 82.7 cm³/mol. The van der Waals surface area contributed by atoms with E-state index < -0.39 is 23.8 Å². The fourth-order valence-electron chi connectivity index (χ4n) is 1.52. The highest BCUT2D eigenvalue weighted by Crippen LogP contribution is 1.99. The van der Waals surface area contributed by atoms with Gasteiger partial charge in [-0.2, -0.15) is 0 Å². The molecule has 1 atom stereocenters. The molecule has 0 aromatic heterocycles. The average Bonchev–Trinajstić information content (AvgIpc) is 2.45. The van der Waals surface area contributed by atoms with Gasteiger partial charge in [0.25, 0.3) is 0 Å². The van der Waals surface area contributed by atoms with Gasteiger partial charge >= 0.3 is 0 Å². The molecule has 0 aromatic carbocycles. The monoisotopic (exact) mass is 329 g/mol. The molecule has 0 heterocycles. The number of rotatable bonds is 10. The van der Waals surface area contributed by atoms with Gasteiger partial charge in [0.1, 0.15) is 6.04 Å². The molecule has 9 N–H and O–H groups in total. The summed E-state index contributed by atoms with van der Waals surface area (Å²) in [6, 6.07) is -0.898. The number of carbonyl (C=O) groups is 4. The zero-order valence-electron chi connectivity index (χ0n) is 12.9. The molecular formula is C12H23N7O4. The van der Waals surface area contributed by atoms with Crippen molar-refractivity contribution < 1.29 is 19.2 Å². The maximum Gasteiger partial charge on any atom is 0.243 e. The standard InChI is InChI=1S/C12H23N7O4/c1-7(20)17-6-10(22)19-8(3-2-4-16-12(14)15)11(23)18-5-9(13)21/h8H,2-6H2,1H3,(H2,13,21)(H,17,20)(H,18,23)(H,19,22)(H4,14,15,16). The maximum absolute atomic E-state index is 11.9. The third kappa shape index (κ3) is 11.5. The molecule has 23 heavy (non-hydrogen) atoms. The van der Waals surface area contributed by atoms with E-state index in [0.29, 0.717) is 6.42 Å². The van der Waals surface area contributed by atoms with Crippen LogP contribution in [0.15, 0.2) is 4.99 Å². The molecule has 0 aliphatic heterocycles. The molecule has 0 spiro atoms. The summed E-state index contributed by atoms with van der Waals surface area (Å²) in [6.07, 6.45) is 0.667. The molecule has 0 saturated carbocycles. The molecule has 4 amide bonds. The highest BCUT2D eigenvalue weighted by Gasteiger charge is 2.20. The predicted octanol–water partition coefficient (Wildman–Crippen LogP) is -3.74. The summed E-state index contributed by atoms with van der Waals surface area (Å²) < 4.78 is 0. The molecule has 11 heteroatoms. The van der Waals surface area contributed by atoms with Gasteiger partial charge in [-0.15, -0.1) is 0 Å². The number of nitrogens with two attached hydrogens (primary N) is 3. The average molecular weight is 329 g/mol. The van der Waals surface area contributed by atoms with Crippen LogP contribution in [0.1, 0.15) is 19.8 Å². The second kappa shape index (κ2) is 10.8. The van der Waals surface area contributed by atoms with Crippen LogP contribution in [0.25, 0.3) is 0 Å². The van der Waals surface area contributed by atoms with Crippen molar-refractivity contribution in [3.05, 3.63) is 0 Å². The molecule has 0 bridgehead atoms. The van der Waals surface area contributed by atoms with Gasteiger partial charge in [-0.3, -0.25) is 24.2 Å². The van der Waals surface area contributed by atoms with E-state index in [4.69, 9.17) is 17.2 Å². The third-order valence-electron chi connectivity index (χ3n) is 2.53. The number of guanidine groups is 1. The van der Waals surface area contributed by atoms with E-state index in [9.17, 15) is 19.2 Å². The smallest absolute Gasteiger partial charge is 0.243 e. The van der Waals surface area contributed by atoms with Crippen LogP contribution in [0, 0.1) is 0 Å². The number of nitrogens with one attached hydrogen (secondary N) is 3. The molecule has 0 rings (SSSR count). The van der Waals surface area contributed by atoms with Crippen LogP contribution >= 0.6 is 0 Å². The number of carbonyl (C=O) groups excluding carboxylic acids is 4. The zero-order valence-corrected chi connectivity index (χ0v) is 12.9. The van der Waals surface area contributed by atoms with Crippen LogP contribution in [-0.4, -0.2) is 55.3 Å². The summed E-state index contributed by atoms with van der Waals surface area (Å²) >= 11 is 0. The fourth-order valence-corrected chi connectivity index (χ4v) is 1.52. The first-order valence-corrected chi connectivity index (χ1v) is 6.87. The van der Waals surface area contributed by atoms with E-state index in [-0.39, 0.29) is 37.9 Å². The van der Waals surface area contributed by atoms with Crippen LogP contribution in [-0.2, 0) is 19.2 Å². The number of primary amides is 1. The van der Waals surface area contributed by atoms with Crippen LogP contribution in [0.4, 0.5) is 0 Å². The first kappa shape index (κ1) is 20.1. The van der Waals surface area contributed by atoms with Crippen LogP contribution in [0.5, 0.6) is 0 Å². The van der Waals surface area contributed by atoms with Crippen molar-refractivity contribution in [1.29, 1.82) is 0 Å². The summed E-state index contributed by atoms with van der Waals surface area (Å²) in [6.45, 7) is 0.941. The quantitative estimate of drug-likeness (QED) is 0.135. The summed E-state index contributed by atoms with van der Waals surface area (Å²) in [5, 5.41) is 7.07. The van der Waals surface area contributed by atoms with E-state index in [1.165, 1.54) is 6.92 Å². The number of nitrogens with zero attached hydrogens (tertiary/aromatic N) is 1. The Bertz CT molecular complexity index is 474. The first-order chi connectivity index (χ1) is 10.7. The highest BCUT2D eigenvalue weighted by atomic mass is 16.2. The third-order valence-corrected chi connectivity index (χ3v) is 2.53. The maximum atomic E-state index is 11.9. The minimum atomic E-state index is -0.898. The molecule has 0 aromatic rings. The summed E-state index contributed by atoms with van der Waals surface area (Å²) in [5.74, 6) is -2.26.